The molecule has 1 heterocycles. The van der Waals surface area contributed by atoms with Crippen LogP contribution in [0.1, 0.15) is 20.3 Å². The van der Waals surface area contributed by atoms with E-state index in [-0.39, 0.29) is 22.9 Å². The lowest BCUT2D eigenvalue weighted by Gasteiger charge is -2.38. The van der Waals surface area contributed by atoms with Crippen LogP contribution in [0.2, 0.25) is 0 Å². The van der Waals surface area contributed by atoms with Gasteiger partial charge in [0.25, 0.3) is 0 Å². The van der Waals surface area contributed by atoms with E-state index >= 15 is 0 Å². The van der Waals surface area contributed by atoms with Crippen LogP contribution in [-0.4, -0.2) is 41.1 Å². The molecule has 0 saturated carbocycles. The molecule has 0 aromatic carbocycles. The SMILES string of the molecule is CC1(C)CN(C(=O)CC(N)=S)CCO1. The number of ether oxygens (including phenoxy) is 1. The van der Waals surface area contributed by atoms with Gasteiger partial charge in [-0.05, 0) is 13.8 Å². The minimum Gasteiger partial charge on any atom is -0.393 e. The maximum atomic E-state index is 11.6. The van der Waals surface area contributed by atoms with Gasteiger partial charge in [0.1, 0.15) is 0 Å². The van der Waals surface area contributed by atoms with E-state index in [1.165, 1.54) is 0 Å². The summed E-state index contributed by atoms with van der Waals surface area (Å²) in [6.07, 6.45) is 0.158. The van der Waals surface area contributed by atoms with Crippen LogP contribution in [0.5, 0.6) is 0 Å². The van der Waals surface area contributed by atoms with Gasteiger partial charge in [0.2, 0.25) is 5.91 Å². The van der Waals surface area contributed by atoms with Crippen molar-refractivity contribution in [2.75, 3.05) is 19.7 Å². The Balaban J connectivity index is 2.52. The standard InChI is InChI=1S/C9H16N2O2S/c1-9(2)6-11(3-4-13-9)8(12)5-7(10)14/h3-6H2,1-2H3,(H2,10,14). The van der Waals surface area contributed by atoms with E-state index in [9.17, 15) is 4.79 Å². The normalized spacial score (nSPS) is 20.6. The van der Waals surface area contributed by atoms with E-state index in [4.69, 9.17) is 22.7 Å². The van der Waals surface area contributed by atoms with E-state index in [0.717, 1.165) is 0 Å². The van der Waals surface area contributed by atoms with Gasteiger partial charge in [-0.25, -0.2) is 0 Å². The predicted molar refractivity (Wildman–Crippen MR) is 58.0 cm³/mol. The summed E-state index contributed by atoms with van der Waals surface area (Å²) in [6, 6.07) is 0. The van der Waals surface area contributed by atoms with E-state index in [1.807, 2.05) is 13.8 Å². The van der Waals surface area contributed by atoms with Gasteiger partial charge in [-0.3, -0.25) is 4.79 Å². The maximum Gasteiger partial charge on any atom is 0.229 e. The third-order valence-electron chi connectivity index (χ3n) is 2.10. The molecule has 0 atom stereocenters. The second-order valence-electron chi connectivity index (χ2n) is 4.07. The fourth-order valence-corrected chi connectivity index (χ4v) is 1.61. The maximum absolute atomic E-state index is 11.6. The molecule has 2 N–H and O–H groups in total. The Morgan fingerprint density at radius 2 is 2.29 bits per heavy atom. The third kappa shape index (κ3) is 3.23. The van der Waals surface area contributed by atoms with Crippen LogP contribution in [0.15, 0.2) is 0 Å². The minimum absolute atomic E-state index is 0.00567. The minimum atomic E-state index is -0.260. The highest BCUT2D eigenvalue weighted by atomic mass is 32.1. The number of hydrogen-bond donors (Lipinski definition) is 1. The number of thiocarbonyl (C=S) groups is 1. The molecule has 1 aliphatic heterocycles. The molecule has 1 saturated heterocycles. The molecule has 0 aromatic rings. The molecular weight excluding hydrogens is 200 g/mol. The third-order valence-corrected chi connectivity index (χ3v) is 2.25. The Labute approximate surface area is 89.4 Å². The van der Waals surface area contributed by atoms with Gasteiger partial charge < -0.3 is 15.4 Å². The quantitative estimate of drug-likeness (QED) is 0.675. The number of amides is 1. The molecule has 0 radical (unpaired) electrons. The highest BCUT2D eigenvalue weighted by molar-refractivity contribution is 7.80. The zero-order chi connectivity index (χ0) is 10.8. The van der Waals surface area contributed by atoms with Crippen LogP contribution >= 0.6 is 12.2 Å². The summed E-state index contributed by atoms with van der Waals surface area (Å²) in [7, 11) is 0. The van der Waals surface area contributed by atoms with Gasteiger partial charge in [0.05, 0.1) is 23.6 Å². The molecule has 4 nitrogen and oxygen atoms in total. The number of nitrogens with two attached hydrogens (primary N) is 1. The van der Waals surface area contributed by atoms with Gasteiger partial charge in [-0.1, -0.05) is 12.2 Å². The van der Waals surface area contributed by atoms with E-state index in [0.29, 0.717) is 19.7 Å². The van der Waals surface area contributed by atoms with Crippen molar-refractivity contribution >= 4 is 23.1 Å². The first kappa shape index (κ1) is 11.4. The molecule has 14 heavy (non-hydrogen) atoms. The van der Waals surface area contributed by atoms with Crippen LogP contribution < -0.4 is 5.73 Å². The van der Waals surface area contributed by atoms with Crippen molar-refractivity contribution in [2.24, 2.45) is 5.73 Å². The summed E-state index contributed by atoms with van der Waals surface area (Å²) in [6.45, 7) is 5.75. The fourth-order valence-electron chi connectivity index (χ4n) is 1.49. The van der Waals surface area contributed by atoms with Crippen LogP contribution in [-0.2, 0) is 9.53 Å². The van der Waals surface area contributed by atoms with Gasteiger partial charge in [0, 0.05) is 13.1 Å². The molecule has 1 rings (SSSR count). The highest BCUT2D eigenvalue weighted by Crippen LogP contribution is 2.16. The largest absolute Gasteiger partial charge is 0.393 e. The van der Waals surface area contributed by atoms with Crippen molar-refractivity contribution < 1.29 is 9.53 Å². The summed E-state index contributed by atoms with van der Waals surface area (Å²) in [5.74, 6) is -0.00567. The first-order valence-electron chi connectivity index (χ1n) is 4.61. The summed E-state index contributed by atoms with van der Waals surface area (Å²) in [5, 5.41) is 0. The van der Waals surface area contributed by atoms with Crippen molar-refractivity contribution in [1.29, 1.82) is 0 Å². The average Bonchev–Trinajstić information content (AvgIpc) is 2.01. The molecule has 0 bridgehead atoms. The topological polar surface area (TPSA) is 55.6 Å². The molecular formula is C9H16N2O2S. The molecule has 0 spiro atoms. The Kier molecular flexibility index (Phi) is 3.44. The van der Waals surface area contributed by atoms with Crippen molar-refractivity contribution in [1.82, 2.24) is 4.90 Å². The second-order valence-corrected chi connectivity index (χ2v) is 4.59. The first-order valence-corrected chi connectivity index (χ1v) is 5.01. The zero-order valence-electron chi connectivity index (χ0n) is 8.58. The van der Waals surface area contributed by atoms with Crippen LogP contribution in [0.25, 0.3) is 0 Å². The molecule has 0 aliphatic carbocycles. The molecule has 1 aliphatic rings. The van der Waals surface area contributed by atoms with Crippen LogP contribution in [0.4, 0.5) is 0 Å². The number of morpholine rings is 1. The van der Waals surface area contributed by atoms with Gasteiger partial charge in [-0.2, -0.15) is 0 Å². The van der Waals surface area contributed by atoms with Gasteiger partial charge >= 0.3 is 0 Å². The van der Waals surface area contributed by atoms with E-state index < -0.39 is 0 Å². The summed E-state index contributed by atoms with van der Waals surface area (Å²) in [4.78, 5) is 13.6. The highest BCUT2D eigenvalue weighted by Gasteiger charge is 2.29. The lowest BCUT2D eigenvalue weighted by Crippen LogP contribution is -2.51. The summed E-state index contributed by atoms with van der Waals surface area (Å²) >= 11 is 4.70. The lowest BCUT2D eigenvalue weighted by molar-refractivity contribution is -0.144. The number of carbonyl (C=O) groups excluding carboxylic acids is 1. The van der Waals surface area contributed by atoms with Gasteiger partial charge in [0.15, 0.2) is 0 Å². The Hall–Kier alpha value is -0.680. The lowest BCUT2D eigenvalue weighted by atomic mass is 10.1. The summed E-state index contributed by atoms with van der Waals surface area (Å²) in [5.41, 5.74) is 5.06. The second kappa shape index (κ2) is 4.23. The first-order chi connectivity index (χ1) is 6.41. The Bertz CT molecular complexity index is 253. The molecule has 1 amide bonds. The Morgan fingerprint density at radius 3 is 2.79 bits per heavy atom. The van der Waals surface area contributed by atoms with E-state index in [1.54, 1.807) is 4.90 Å². The molecule has 0 aromatic heterocycles. The summed E-state index contributed by atoms with van der Waals surface area (Å²) < 4.78 is 5.49. The van der Waals surface area contributed by atoms with Crippen LogP contribution in [0, 0.1) is 0 Å². The zero-order valence-corrected chi connectivity index (χ0v) is 9.39. The monoisotopic (exact) mass is 216 g/mol. The number of nitrogens with zero attached hydrogens (tertiary/aromatic N) is 1. The number of hydrogen-bond acceptors (Lipinski definition) is 3. The number of carbonyl (C=O) groups is 1. The molecule has 1 fully saturated rings. The predicted octanol–water partition coefficient (Wildman–Crippen LogP) is 0.300. The number of rotatable bonds is 2. The Morgan fingerprint density at radius 1 is 1.64 bits per heavy atom. The average molecular weight is 216 g/mol. The van der Waals surface area contributed by atoms with Crippen molar-refractivity contribution in [2.45, 2.75) is 25.9 Å². The molecule has 80 valence electrons. The smallest absolute Gasteiger partial charge is 0.229 e. The molecule has 0 unspecified atom stereocenters. The fraction of sp³-hybridized carbons (Fsp3) is 0.778. The molecule has 5 heteroatoms. The van der Waals surface area contributed by atoms with Crippen molar-refractivity contribution in [3.8, 4) is 0 Å². The van der Waals surface area contributed by atoms with Crippen molar-refractivity contribution in [3.63, 3.8) is 0 Å². The van der Waals surface area contributed by atoms with Crippen molar-refractivity contribution in [3.05, 3.63) is 0 Å². The van der Waals surface area contributed by atoms with Gasteiger partial charge in [-0.15, -0.1) is 0 Å². The van der Waals surface area contributed by atoms with E-state index in [2.05, 4.69) is 0 Å². The van der Waals surface area contributed by atoms with Crippen LogP contribution in [0.3, 0.4) is 0 Å².